The van der Waals surface area contributed by atoms with Gasteiger partial charge in [-0.15, -0.1) is 0 Å². The second-order valence-electron chi connectivity index (χ2n) is 5.88. The summed E-state index contributed by atoms with van der Waals surface area (Å²) in [5, 5.41) is 0. The van der Waals surface area contributed by atoms with E-state index in [0.29, 0.717) is 5.92 Å². The molecule has 3 nitrogen and oxygen atoms in total. The van der Waals surface area contributed by atoms with E-state index in [1.54, 1.807) is 0 Å². The number of nitrogens with two attached hydrogens (primary N) is 1. The van der Waals surface area contributed by atoms with Crippen LogP contribution in [0.1, 0.15) is 30.7 Å². The summed E-state index contributed by atoms with van der Waals surface area (Å²) in [7, 11) is 0. The molecular formula is C16H24N2O. The van der Waals surface area contributed by atoms with Gasteiger partial charge in [0.25, 0.3) is 0 Å². The first-order chi connectivity index (χ1) is 9.34. The fourth-order valence-electron chi connectivity index (χ4n) is 3.59. The Hall–Kier alpha value is -0.900. The molecule has 104 valence electrons. The number of hydrogen-bond donors (Lipinski definition) is 1. The van der Waals surface area contributed by atoms with Crippen LogP contribution < -0.4 is 5.73 Å². The Morgan fingerprint density at radius 3 is 2.63 bits per heavy atom. The van der Waals surface area contributed by atoms with Gasteiger partial charge in [-0.25, -0.2) is 0 Å². The summed E-state index contributed by atoms with van der Waals surface area (Å²) in [6.07, 6.45) is 3.43. The molecule has 2 heterocycles. The molecule has 2 N–H and O–H groups in total. The third-order valence-corrected chi connectivity index (χ3v) is 4.93. The molecule has 0 spiro atoms. The van der Waals surface area contributed by atoms with Crippen LogP contribution in [0.5, 0.6) is 0 Å². The molecular weight excluding hydrogens is 236 g/mol. The Labute approximate surface area is 115 Å². The van der Waals surface area contributed by atoms with Crippen molar-refractivity contribution >= 4 is 0 Å². The SMILES string of the molecule is NCC1(N2CCC(c3ccccc3)C2)CCOCC1. The number of rotatable bonds is 3. The highest BCUT2D eigenvalue weighted by atomic mass is 16.5. The van der Waals surface area contributed by atoms with Gasteiger partial charge >= 0.3 is 0 Å². The average Bonchev–Trinajstić information content (AvgIpc) is 2.99. The summed E-state index contributed by atoms with van der Waals surface area (Å²) >= 11 is 0. The minimum Gasteiger partial charge on any atom is -0.381 e. The van der Waals surface area contributed by atoms with E-state index in [1.807, 2.05) is 0 Å². The molecule has 0 amide bonds. The van der Waals surface area contributed by atoms with E-state index in [9.17, 15) is 0 Å². The van der Waals surface area contributed by atoms with Crippen LogP contribution in [0.2, 0.25) is 0 Å². The minimum atomic E-state index is 0.196. The fraction of sp³-hybridized carbons (Fsp3) is 0.625. The number of ether oxygens (including phenoxy) is 1. The van der Waals surface area contributed by atoms with E-state index < -0.39 is 0 Å². The molecule has 1 atom stereocenters. The second kappa shape index (κ2) is 5.61. The first-order valence-electron chi connectivity index (χ1n) is 7.42. The predicted molar refractivity (Wildman–Crippen MR) is 77.2 cm³/mol. The zero-order valence-electron chi connectivity index (χ0n) is 11.6. The largest absolute Gasteiger partial charge is 0.381 e. The highest BCUT2D eigenvalue weighted by Crippen LogP contribution is 2.35. The van der Waals surface area contributed by atoms with Crippen LogP contribution in [-0.4, -0.2) is 43.3 Å². The number of nitrogens with zero attached hydrogens (tertiary/aromatic N) is 1. The smallest absolute Gasteiger partial charge is 0.0484 e. The molecule has 0 radical (unpaired) electrons. The Morgan fingerprint density at radius 2 is 1.95 bits per heavy atom. The van der Waals surface area contributed by atoms with E-state index in [2.05, 4.69) is 35.2 Å². The summed E-state index contributed by atoms with van der Waals surface area (Å²) in [5.41, 5.74) is 7.78. The highest BCUT2D eigenvalue weighted by Gasteiger charge is 2.40. The molecule has 0 aliphatic carbocycles. The first-order valence-corrected chi connectivity index (χ1v) is 7.42. The minimum absolute atomic E-state index is 0.196. The van der Waals surface area contributed by atoms with Crippen LogP contribution in [0, 0.1) is 0 Å². The quantitative estimate of drug-likeness (QED) is 0.903. The summed E-state index contributed by atoms with van der Waals surface area (Å²) in [4.78, 5) is 2.63. The van der Waals surface area contributed by atoms with Gasteiger partial charge in [0.15, 0.2) is 0 Å². The van der Waals surface area contributed by atoms with Gasteiger partial charge in [-0.2, -0.15) is 0 Å². The van der Waals surface area contributed by atoms with Gasteiger partial charge in [0, 0.05) is 31.8 Å². The summed E-state index contributed by atoms with van der Waals surface area (Å²) < 4.78 is 5.52. The molecule has 2 aliphatic rings. The predicted octanol–water partition coefficient (Wildman–Crippen LogP) is 1.98. The standard InChI is InChI=1S/C16H24N2O/c17-13-16(7-10-19-11-8-16)18-9-6-15(12-18)14-4-2-1-3-5-14/h1-5,15H,6-13,17H2. The van der Waals surface area contributed by atoms with Gasteiger partial charge in [0.1, 0.15) is 0 Å². The molecule has 0 saturated carbocycles. The van der Waals surface area contributed by atoms with Gasteiger partial charge in [-0.1, -0.05) is 30.3 Å². The van der Waals surface area contributed by atoms with E-state index in [4.69, 9.17) is 10.5 Å². The molecule has 2 fully saturated rings. The Kier molecular flexibility index (Phi) is 3.87. The molecule has 2 saturated heterocycles. The maximum absolute atomic E-state index is 6.10. The molecule has 1 unspecified atom stereocenters. The molecule has 2 aliphatic heterocycles. The molecule has 3 heteroatoms. The second-order valence-corrected chi connectivity index (χ2v) is 5.88. The van der Waals surface area contributed by atoms with E-state index in [0.717, 1.165) is 39.1 Å². The number of benzene rings is 1. The summed E-state index contributed by atoms with van der Waals surface area (Å²) in [6, 6.07) is 10.9. The van der Waals surface area contributed by atoms with Gasteiger partial charge in [0.05, 0.1) is 0 Å². The van der Waals surface area contributed by atoms with Crippen molar-refractivity contribution in [2.45, 2.75) is 30.7 Å². The highest BCUT2D eigenvalue weighted by molar-refractivity contribution is 5.21. The van der Waals surface area contributed by atoms with Crippen molar-refractivity contribution in [2.75, 3.05) is 32.8 Å². The average molecular weight is 260 g/mol. The maximum atomic E-state index is 6.10. The zero-order chi connectivity index (χ0) is 13.1. The third-order valence-electron chi connectivity index (χ3n) is 4.93. The fourth-order valence-corrected chi connectivity index (χ4v) is 3.59. The summed E-state index contributed by atoms with van der Waals surface area (Å²) in [5.74, 6) is 0.674. The molecule has 3 rings (SSSR count). The van der Waals surface area contributed by atoms with Gasteiger partial charge in [-0.3, -0.25) is 4.90 Å². The first kappa shape index (κ1) is 13.1. The third kappa shape index (κ3) is 2.55. The lowest BCUT2D eigenvalue weighted by Crippen LogP contribution is -2.55. The van der Waals surface area contributed by atoms with Crippen LogP contribution in [-0.2, 0) is 4.74 Å². The van der Waals surface area contributed by atoms with Gasteiger partial charge < -0.3 is 10.5 Å². The van der Waals surface area contributed by atoms with Crippen LogP contribution in [0.15, 0.2) is 30.3 Å². The monoisotopic (exact) mass is 260 g/mol. The van der Waals surface area contributed by atoms with Crippen LogP contribution in [0.25, 0.3) is 0 Å². The van der Waals surface area contributed by atoms with Crippen molar-refractivity contribution in [1.29, 1.82) is 0 Å². The topological polar surface area (TPSA) is 38.5 Å². The van der Waals surface area contributed by atoms with Gasteiger partial charge in [-0.05, 0) is 37.3 Å². The molecule has 1 aromatic carbocycles. The Balaban J connectivity index is 1.71. The Morgan fingerprint density at radius 1 is 1.21 bits per heavy atom. The van der Waals surface area contributed by atoms with Crippen molar-refractivity contribution in [2.24, 2.45) is 5.73 Å². The van der Waals surface area contributed by atoms with E-state index >= 15 is 0 Å². The Bertz CT molecular complexity index is 400. The van der Waals surface area contributed by atoms with Crippen LogP contribution in [0.4, 0.5) is 0 Å². The van der Waals surface area contributed by atoms with Crippen molar-refractivity contribution in [3.05, 3.63) is 35.9 Å². The molecule has 19 heavy (non-hydrogen) atoms. The lowest BCUT2D eigenvalue weighted by molar-refractivity contribution is -0.0146. The van der Waals surface area contributed by atoms with Crippen molar-refractivity contribution < 1.29 is 4.74 Å². The van der Waals surface area contributed by atoms with E-state index in [1.165, 1.54) is 18.5 Å². The van der Waals surface area contributed by atoms with Crippen molar-refractivity contribution in [1.82, 2.24) is 4.90 Å². The van der Waals surface area contributed by atoms with Crippen molar-refractivity contribution in [3.8, 4) is 0 Å². The zero-order valence-corrected chi connectivity index (χ0v) is 11.6. The van der Waals surface area contributed by atoms with Crippen molar-refractivity contribution in [3.63, 3.8) is 0 Å². The lowest BCUT2D eigenvalue weighted by atomic mass is 9.88. The van der Waals surface area contributed by atoms with Crippen LogP contribution in [0.3, 0.4) is 0 Å². The van der Waals surface area contributed by atoms with E-state index in [-0.39, 0.29) is 5.54 Å². The number of hydrogen-bond acceptors (Lipinski definition) is 3. The number of likely N-dealkylation sites (tertiary alicyclic amines) is 1. The summed E-state index contributed by atoms with van der Waals surface area (Å²) in [6.45, 7) is 4.82. The molecule has 0 aromatic heterocycles. The van der Waals surface area contributed by atoms with Gasteiger partial charge in [0.2, 0.25) is 0 Å². The normalized spacial score (nSPS) is 27.5. The molecule has 1 aromatic rings. The van der Waals surface area contributed by atoms with Crippen LogP contribution >= 0.6 is 0 Å². The lowest BCUT2D eigenvalue weighted by Gasteiger charge is -2.44. The molecule has 0 bridgehead atoms. The maximum Gasteiger partial charge on any atom is 0.0484 e.